The first-order chi connectivity index (χ1) is 49.7. The quantitative estimate of drug-likeness (QED) is 0.0169. The number of hydrogen-bond donors (Lipinski definition) is 3. The maximum absolute atomic E-state index is 13.1. The highest BCUT2D eigenvalue weighted by molar-refractivity contribution is 7.47. The van der Waals surface area contributed by atoms with E-state index < -0.39 is 97.5 Å². The topological polar surface area (TPSA) is 237 Å². The molecule has 19 heteroatoms. The van der Waals surface area contributed by atoms with Crippen LogP contribution in [0, 0.1) is 0 Å². The van der Waals surface area contributed by atoms with Gasteiger partial charge in [0, 0.05) is 25.7 Å². The molecule has 0 fully saturated rings. The van der Waals surface area contributed by atoms with Crippen LogP contribution < -0.4 is 0 Å². The Labute approximate surface area is 619 Å². The molecule has 0 heterocycles. The predicted octanol–water partition coefficient (Wildman–Crippen LogP) is 23.3. The highest BCUT2D eigenvalue weighted by Gasteiger charge is 2.30. The lowest BCUT2D eigenvalue weighted by Gasteiger charge is -2.21. The number of carbonyl (C=O) groups excluding carboxylic acids is 4. The molecule has 0 aliphatic heterocycles. The Morgan fingerprint density at radius 2 is 0.529 bits per heavy atom. The van der Waals surface area contributed by atoms with Gasteiger partial charge < -0.3 is 33.8 Å². The van der Waals surface area contributed by atoms with Crippen molar-refractivity contribution < 1.29 is 80.2 Å². The second-order valence-corrected chi connectivity index (χ2v) is 29.5. The number of phosphoric acid groups is 2. The molecule has 0 aromatic heterocycles. The van der Waals surface area contributed by atoms with Gasteiger partial charge in [-0.25, -0.2) is 9.13 Å². The summed E-state index contributed by atoms with van der Waals surface area (Å²) < 4.78 is 68.5. The van der Waals surface area contributed by atoms with Crippen molar-refractivity contribution in [3.8, 4) is 0 Å². The van der Waals surface area contributed by atoms with Crippen LogP contribution in [0.5, 0.6) is 0 Å². The zero-order valence-electron chi connectivity index (χ0n) is 64.3. The Kier molecular flexibility index (Phi) is 71.8. The van der Waals surface area contributed by atoms with E-state index in [0.29, 0.717) is 32.1 Å². The Morgan fingerprint density at radius 1 is 0.284 bits per heavy atom. The largest absolute Gasteiger partial charge is 0.472 e. The molecular formula is C83H144O17P2. The van der Waals surface area contributed by atoms with Crippen LogP contribution in [0.2, 0.25) is 0 Å². The molecule has 0 aliphatic carbocycles. The number of rotatable bonds is 75. The average molecular weight is 1480 g/mol. The fraction of sp³-hybridized carbons (Fsp3) is 0.735. The summed E-state index contributed by atoms with van der Waals surface area (Å²) >= 11 is 0. The minimum atomic E-state index is -5.00. The molecule has 0 bridgehead atoms. The number of ether oxygens (including phenoxy) is 4. The molecule has 0 amide bonds. The lowest BCUT2D eigenvalue weighted by atomic mass is 10.1. The lowest BCUT2D eigenvalue weighted by Crippen LogP contribution is -2.30. The summed E-state index contributed by atoms with van der Waals surface area (Å²) in [7, 11) is -9.98. The highest BCUT2D eigenvalue weighted by Crippen LogP contribution is 2.45. The summed E-state index contributed by atoms with van der Waals surface area (Å²) in [6.45, 7) is 4.65. The standard InChI is InChI=1S/C83H144O17P2/c1-5-9-13-17-21-25-29-33-36-37-38-39-42-45-48-52-56-60-64-68-81(86)94-74-79(100-83(88)70-66-62-58-54-50-46-41-35-31-27-23-19-15-11-7-3)76-98-102(91,92)96-72-77(84)71-95-101(89,90)97-75-78(99-82(87)69-65-61-57-53-49-43-32-28-24-20-16-12-8-4)73-93-80(85)67-63-59-55-51-47-44-40-34-30-26-22-18-14-10-6-2/h9,13,21,25,28,32-36,38-41,45,48,56,60,77-79,84H,5-8,10-12,14-20,22-24,26-27,29-31,37,42-44,46-47,49-55,57-59,61-76H2,1-4H3,(H,89,90)(H,91,92)/b13-9-,25-21-,32-28-,36-33-,39-38-,40-34-,41-35-,48-45-,60-56-. The first-order valence-electron chi connectivity index (χ1n) is 40.1. The number of carbonyl (C=O) groups is 4. The second-order valence-electron chi connectivity index (χ2n) is 26.6. The van der Waals surface area contributed by atoms with Crippen LogP contribution in [0.15, 0.2) is 109 Å². The van der Waals surface area contributed by atoms with E-state index in [-0.39, 0.29) is 25.7 Å². The lowest BCUT2D eigenvalue weighted by molar-refractivity contribution is -0.161. The predicted molar refractivity (Wildman–Crippen MR) is 418 cm³/mol. The number of esters is 4. The van der Waals surface area contributed by atoms with Gasteiger partial charge in [-0.05, 0) is 141 Å². The van der Waals surface area contributed by atoms with Crippen molar-refractivity contribution in [1.82, 2.24) is 0 Å². The van der Waals surface area contributed by atoms with Crippen molar-refractivity contribution >= 4 is 39.5 Å². The van der Waals surface area contributed by atoms with Crippen molar-refractivity contribution in [2.75, 3.05) is 39.6 Å². The van der Waals surface area contributed by atoms with Gasteiger partial charge in [-0.1, -0.05) is 278 Å². The van der Waals surface area contributed by atoms with Gasteiger partial charge in [-0.3, -0.25) is 37.3 Å². The van der Waals surface area contributed by atoms with Crippen molar-refractivity contribution in [2.24, 2.45) is 0 Å². The molecule has 17 nitrogen and oxygen atoms in total. The number of aliphatic hydroxyl groups is 1. The molecule has 0 spiro atoms. The molecule has 102 heavy (non-hydrogen) atoms. The Bertz CT molecular complexity index is 2360. The van der Waals surface area contributed by atoms with Gasteiger partial charge in [0.25, 0.3) is 0 Å². The van der Waals surface area contributed by atoms with E-state index in [2.05, 4.69) is 119 Å². The first-order valence-corrected chi connectivity index (χ1v) is 43.1. The molecule has 0 aliphatic rings. The van der Waals surface area contributed by atoms with Gasteiger partial charge in [0.15, 0.2) is 12.2 Å². The normalized spacial score (nSPS) is 14.5. The maximum atomic E-state index is 13.1. The maximum Gasteiger partial charge on any atom is 0.472 e. The van der Waals surface area contributed by atoms with Gasteiger partial charge in [0.2, 0.25) is 0 Å². The number of allylic oxidation sites excluding steroid dienone is 18. The Balaban J connectivity index is 5.42. The molecule has 0 saturated carbocycles. The summed E-state index contributed by atoms with van der Waals surface area (Å²) in [5.41, 5.74) is 0. The van der Waals surface area contributed by atoms with Gasteiger partial charge >= 0.3 is 39.5 Å². The fourth-order valence-electron chi connectivity index (χ4n) is 10.6. The SMILES string of the molecule is CC/C=C\C/C=C\C/C=C\C/C=C\C/C=C\C/C=C\CCC(=O)OCC(COP(=O)(O)OCC(O)COP(=O)(O)OCC(COC(=O)CCCCCCC/C=C\CCCCCCCC)OC(=O)CCCCCCC/C=C\CCCCCC)OC(=O)CCCCCCC/C=C\CCCCCCCC. The van der Waals surface area contributed by atoms with E-state index in [9.17, 15) is 43.2 Å². The fourth-order valence-corrected chi connectivity index (χ4v) is 12.2. The summed E-state index contributed by atoms with van der Waals surface area (Å²) in [6, 6.07) is 0. The third-order valence-electron chi connectivity index (χ3n) is 16.7. The zero-order valence-corrected chi connectivity index (χ0v) is 66.0. The molecule has 0 aromatic carbocycles. The third kappa shape index (κ3) is 74.0. The highest BCUT2D eigenvalue weighted by atomic mass is 31.2. The third-order valence-corrected chi connectivity index (χ3v) is 18.6. The van der Waals surface area contributed by atoms with Crippen LogP contribution in [0.3, 0.4) is 0 Å². The second kappa shape index (κ2) is 75.0. The Morgan fingerprint density at radius 3 is 0.853 bits per heavy atom. The monoisotopic (exact) mass is 1470 g/mol. The van der Waals surface area contributed by atoms with Crippen LogP contribution in [-0.4, -0.2) is 96.7 Å². The minimum absolute atomic E-state index is 0.0338. The molecule has 588 valence electrons. The molecule has 5 unspecified atom stereocenters. The Hall–Kier alpha value is -4.28. The zero-order chi connectivity index (χ0) is 74.6. The molecule has 0 radical (unpaired) electrons. The summed E-state index contributed by atoms with van der Waals surface area (Å²) in [5.74, 6) is -2.29. The van der Waals surface area contributed by atoms with Crippen LogP contribution in [-0.2, 0) is 65.4 Å². The molecule has 0 aromatic rings. The smallest absolute Gasteiger partial charge is 0.462 e. The molecule has 3 N–H and O–H groups in total. The number of hydrogen-bond acceptors (Lipinski definition) is 15. The van der Waals surface area contributed by atoms with Crippen LogP contribution >= 0.6 is 15.6 Å². The summed E-state index contributed by atoms with van der Waals surface area (Å²) in [6.07, 6.45) is 80.8. The van der Waals surface area contributed by atoms with Crippen molar-refractivity contribution in [1.29, 1.82) is 0 Å². The molecule has 0 saturated heterocycles. The minimum Gasteiger partial charge on any atom is -0.462 e. The van der Waals surface area contributed by atoms with Crippen molar-refractivity contribution in [3.05, 3.63) is 109 Å². The van der Waals surface area contributed by atoms with E-state index in [1.54, 1.807) is 0 Å². The van der Waals surface area contributed by atoms with E-state index in [1.807, 2.05) is 18.2 Å². The summed E-state index contributed by atoms with van der Waals surface area (Å²) in [5, 5.41) is 10.6. The van der Waals surface area contributed by atoms with E-state index in [4.69, 9.17) is 37.0 Å². The molecule has 0 rings (SSSR count). The summed E-state index contributed by atoms with van der Waals surface area (Å²) in [4.78, 5) is 72.9. The van der Waals surface area contributed by atoms with Crippen LogP contribution in [0.1, 0.15) is 336 Å². The van der Waals surface area contributed by atoms with E-state index in [0.717, 1.165) is 148 Å². The number of phosphoric ester groups is 2. The number of unbranched alkanes of at least 4 members (excludes halogenated alkanes) is 31. The van der Waals surface area contributed by atoms with Gasteiger partial charge in [-0.15, -0.1) is 0 Å². The van der Waals surface area contributed by atoms with Gasteiger partial charge in [-0.2, -0.15) is 0 Å². The van der Waals surface area contributed by atoms with Gasteiger partial charge in [0.1, 0.15) is 19.3 Å². The van der Waals surface area contributed by atoms with Crippen LogP contribution in [0.4, 0.5) is 0 Å². The molecular weight excluding hydrogens is 1330 g/mol. The van der Waals surface area contributed by atoms with E-state index in [1.165, 1.54) is 103 Å². The number of aliphatic hydroxyl groups excluding tert-OH is 1. The van der Waals surface area contributed by atoms with Crippen LogP contribution in [0.25, 0.3) is 0 Å². The first kappa shape index (κ1) is 97.7. The van der Waals surface area contributed by atoms with Gasteiger partial charge in [0.05, 0.1) is 26.4 Å². The van der Waals surface area contributed by atoms with Crippen molar-refractivity contribution in [3.63, 3.8) is 0 Å². The van der Waals surface area contributed by atoms with Crippen molar-refractivity contribution in [2.45, 2.75) is 354 Å². The van der Waals surface area contributed by atoms with E-state index >= 15 is 0 Å². The average Bonchev–Trinajstić information content (AvgIpc) is 0.924. The molecule has 5 atom stereocenters.